The molecule has 2 aromatic carbocycles. The topological polar surface area (TPSA) is 36.4 Å². The van der Waals surface area contributed by atoms with Gasteiger partial charge in [0.15, 0.2) is 6.67 Å². The summed E-state index contributed by atoms with van der Waals surface area (Å²) in [6.45, 7) is 7.47. The first-order valence-corrected chi connectivity index (χ1v) is 10.8. The van der Waals surface area contributed by atoms with Gasteiger partial charge in [0.2, 0.25) is 4.77 Å². The van der Waals surface area contributed by atoms with E-state index in [-0.39, 0.29) is 0 Å². The number of nitrogens with zero attached hydrogens (tertiary/aromatic N) is 3. The molecule has 0 aliphatic carbocycles. The quantitative estimate of drug-likeness (QED) is 0.607. The van der Waals surface area contributed by atoms with E-state index in [1.807, 2.05) is 24.6 Å². The normalized spacial score (nSPS) is 18.8. The van der Waals surface area contributed by atoms with Crippen molar-refractivity contribution in [2.24, 2.45) is 0 Å². The van der Waals surface area contributed by atoms with Gasteiger partial charge in [0, 0.05) is 18.4 Å². The number of aromatic nitrogens is 3. The van der Waals surface area contributed by atoms with Crippen molar-refractivity contribution < 1.29 is 9.64 Å². The Bertz CT molecular complexity index is 994. The predicted molar refractivity (Wildman–Crippen MR) is 117 cm³/mol. The predicted octanol–water partition coefficient (Wildman–Crippen LogP) is 3.55. The summed E-state index contributed by atoms with van der Waals surface area (Å²) in [6, 6.07) is 19.5. The highest BCUT2D eigenvalue weighted by Crippen LogP contribution is 2.22. The molecule has 152 valence electrons. The molecule has 2 heterocycles. The maximum absolute atomic E-state index is 5.78. The third-order valence-corrected chi connectivity index (χ3v) is 6.15. The molecule has 1 N–H and O–H groups in total. The Morgan fingerprint density at radius 1 is 1.14 bits per heavy atom. The summed E-state index contributed by atoms with van der Waals surface area (Å²) >= 11 is 5.78. The van der Waals surface area contributed by atoms with Crippen LogP contribution in [0.1, 0.15) is 42.8 Å². The summed E-state index contributed by atoms with van der Waals surface area (Å²) in [5.74, 6) is 1.91. The van der Waals surface area contributed by atoms with Crippen LogP contribution in [0.2, 0.25) is 0 Å². The number of hydrogen-bond acceptors (Lipinski definition) is 3. The summed E-state index contributed by atoms with van der Waals surface area (Å²) in [7, 11) is 0. The number of ether oxygens (including phenoxy) is 1. The van der Waals surface area contributed by atoms with Gasteiger partial charge in [0.25, 0.3) is 0 Å². The van der Waals surface area contributed by atoms with E-state index in [0.717, 1.165) is 36.1 Å². The standard InChI is InChI=1S/C23H28N4OS/c1-3-28-21-13-11-20(12-14-21)22-10-7-15-25(22)17-27-23(29)26(18(2)24-27)16-19-8-5-4-6-9-19/h4-6,8-9,11-14,22H,3,7,10,15-17H2,1-2H3/p+1/t22-/m0/s1. The number of benzene rings is 2. The van der Waals surface area contributed by atoms with Gasteiger partial charge in [0.05, 0.1) is 19.7 Å². The molecule has 0 radical (unpaired) electrons. The van der Waals surface area contributed by atoms with E-state index in [9.17, 15) is 0 Å². The molecule has 0 saturated carbocycles. The minimum atomic E-state index is 0.479. The first kappa shape index (κ1) is 19.9. The fourth-order valence-electron chi connectivity index (χ4n) is 4.26. The van der Waals surface area contributed by atoms with E-state index >= 15 is 0 Å². The molecule has 5 nitrogen and oxygen atoms in total. The lowest BCUT2D eigenvalue weighted by atomic mass is 10.0. The van der Waals surface area contributed by atoms with E-state index < -0.39 is 0 Å². The van der Waals surface area contributed by atoms with Crippen molar-refractivity contribution >= 4 is 12.2 Å². The molecule has 4 rings (SSSR count). The molecule has 2 atom stereocenters. The Balaban J connectivity index is 1.51. The summed E-state index contributed by atoms with van der Waals surface area (Å²) in [5.41, 5.74) is 2.61. The summed E-state index contributed by atoms with van der Waals surface area (Å²) in [6.07, 6.45) is 2.42. The van der Waals surface area contributed by atoms with Crippen molar-refractivity contribution in [1.29, 1.82) is 0 Å². The highest BCUT2D eigenvalue weighted by molar-refractivity contribution is 7.71. The zero-order valence-electron chi connectivity index (χ0n) is 17.2. The van der Waals surface area contributed by atoms with Gasteiger partial charge in [-0.05, 0) is 55.9 Å². The van der Waals surface area contributed by atoms with Crippen molar-refractivity contribution in [3.05, 3.63) is 76.3 Å². The van der Waals surface area contributed by atoms with E-state index in [0.29, 0.717) is 12.6 Å². The Morgan fingerprint density at radius 3 is 2.62 bits per heavy atom. The van der Waals surface area contributed by atoms with Gasteiger partial charge >= 0.3 is 0 Å². The third-order valence-electron chi connectivity index (χ3n) is 5.72. The minimum absolute atomic E-state index is 0.479. The van der Waals surface area contributed by atoms with Crippen molar-refractivity contribution in [3.63, 3.8) is 0 Å². The molecular weight excluding hydrogens is 380 g/mol. The Hall–Kier alpha value is -2.44. The molecule has 0 bridgehead atoms. The number of rotatable bonds is 7. The molecule has 0 spiro atoms. The van der Waals surface area contributed by atoms with Crippen molar-refractivity contribution in [1.82, 2.24) is 14.3 Å². The largest absolute Gasteiger partial charge is 0.494 e. The van der Waals surface area contributed by atoms with Crippen LogP contribution in [0, 0.1) is 11.7 Å². The minimum Gasteiger partial charge on any atom is -0.494 e. The maximum Gasteiger partial charge on any atom is 0.203 e. The van der Waals surface area contributed by atoms with Gasteiger partial charge in [0.1, 0.15) is 17.6 Å². The van der Waals surface area contributed by atoms with E-state index in [4.69, 9.17) is 22.1 Å². The second-order valence-electron chi connectivity index (χ2n) is 7.66. The van der Waals surface area contributed by atoms with Crippen molar-refractivity contribution in [2.45, 2.75) is 45.9 Å². The molecule has 1 saturated heterocycles. The van der Waals surface area contributed by atoms with E-state index in [1.165, 1.54) is 28.9 Å². The van der Waals surface area contributed by atoms with Crippen LogP contribution in [-0.2, 0) is 13.2 Å². The van der Waals surface area contributed by atoms with E-state index in [2.05, 4.69) is 53.1 Å². The lowest BCUT2D eigenvalue weighted by Crippen LogP contribution is -3.09. The van der Waals surface area contributed by atoms with Crippen molar-refractivity contribution in [3.8, 4) is 5.75 Å². The molecule has 1 aliphatic heterocycles. The van der Waals surface area contributed by atoms with Crippen molar-refractivity contribution in [2.75, 3.05) is 13.2 Å². The summed E-state index contributed by atoms with van der Waals surface area (Å²) in [5, 5.41) is 4.77. The zero-order chi connectivity index (χ0) is 20.2. The van der Waals surface area contributed by atoms with E-state index in [1.54, 1.807) is 0 Å². The van der Waals surface area contributed by atoms with Gasteiger partial charge in [-0.15, -0.1) is 0 Å². The first-order chi connectivity index (χ1) is 14.2. The monoisotopic (exact) mass is 409 g/mol. The van der Waals surface area contributed by atoms with Gasteiger partial charge in [-0.3, -0.25) is 4.57 Å². The lowest BCUT2D eigenvalue weighted by Gasteiger charge is -2.21. The van der Waals surface area contributed by atoms with Gasteiger partial charge in [-0.1, -0.05) is 30.3 Å². The Kier molecular flexibility index (Phi) is 6.11. The zero-order valence-corrected chi connectivity index (χ0v) is 18.0. The van der Waals surface area contributed by atoms with Crippen LogP contribution in [0.25, 0.3) is 0 Å². The smallest absolute Gasteiger partial charge is 0.203 e. The number of hydrogen-bond donors (Lipinski definition) is 1. The second-order valence-corrected chi connectivity index (χ2v) is 8.03. The van der Waals surface area contributed by atoms with Gasteiger partial charge in [-0.25, -0.2) is 0 Å². The van der Waals surface area contributed by atoms with Crippen LogP contribution in [0.4, 0.5) is 0 Å². The number of likely N-dealkylation sites (tertiary alicyclic amines) is 1. The van der Waals surface area contributed by atoms with Gasteiger partial charge in [-0.2, -0.15) is 9.78 Å². The number of aryl methyl sites for hydroxylation is 1. The third kappa shape index (κ3) is 4.43. The molecular formula is C23H29N4OS+. The average molecular weight is 410 g/mol. The molecule has 1 aliphatic rings. The summed E-state index contributed by atoms with van der Waals surface area (Å²) < 4.78 is 10.5. The molecule has 3 aromatic rings. The van der Waals surface area contributed by atoms with Crippen LogP contribution < -0.4 is 9.64 Å². The molecule has 0 amide bonds. The Labute approximate surface area is 177 Å². The molecule has 29 heavy (non-hydrogen) atoms. The van der Waals surface area contributed by atoms with Gasteiger partial charge < -0.3 is 9.64 Å². The SMILES string of the molecule is CCOc1ccc([C@@H]2CCC[NH+]2Cn2nc(C)n(Cc3ccccc3)c2=S)cc1. The fourth-order valence-corrected chi connectivity index (χ4v) is 4.56. The highest BCUT2D eigenvalue weighted by atomic mass is 32.1. The maximum atomic E-state index is 5.78. The van der Waals surface area contributed by atoms with Crippen LogP contribution in [0.15, 0.2) is 54.6 Å². The van der Waals surface area contributed by atoms with Crippen LogP contribution in [0.3, 0.4) is 0 Å². The van der Waals surface area contributed by atoms with Crippen LogP contribution in [-0.4, -0.2) is 27.5 Å². The molecule has 1 fully saturated rings. The molecule has 1 unspecified atom stereocenters. The number of quaternary nitrogens is 1. The van der Waals surface area contributed by atoms with Crippen LogP contribution in [0.5, 0.6) is 5.75 Å². The van der Waals surface area contributed by atoms with Crippen LogP contribution >= 0.6 is 12.2 Å². The summed E-state index contributed by atoms with van der Waals surface area (Å²) in [4.78, 5) is 1.52. The highest BCUT2D eigenvalue weighted by Gasteiger charge is 2.30. The lowest BCUT2D eigenvalue weighted by molar-refractivity contribution is -0.941. The Morgan fingerprint density at radius 2 is 1.90 bits per heavy atom. The average Bonchev–Trinajstić information content (AvgIpc) is 3.30. The number of nitrogens with one attached hydrogen (secondary N) is 1. The molecule has 6 heteroatoms. The second kappa shape index (κ2) is 8.93. The first-order valence-electron chi connectivity index (χ1n) is 10.4. The fraction of sp³-hybridized carbons (Fsp3) is 0.391. The molecule has 1 aromatic heterocycles.